The lowest BCUT2D eigenvalue weighted by Crippen LogP contribution is -2.04. The molecule has 2 rings (SSSR count). The molecular formula is C10H11BrN4. The van der Waals surface area contributed by atoms with Crippen LogP contribution in [0.15, 0.2) is 22.7 Å². The van der Waals surface area contributed by atoms with Crippen LogP contribution >= 0.6 is 15.9 Å². The third kappa shape index (κ3) is 1.92. The van der Waals surface area contributed by atoms with Crippen LogP contribution in [0.4, 0.5) is 0 Å². The SMILES string of the molecule is CCc1nnnn1-c1cc(Br)ccc1C. The predicted octanol–water partition coefficient (Wildman–Crippen LogP) is 2.30. The quantitative estimate of drug-likeness (QED) is 0.838. The van der Waals surface area contributed by atoms with E-state index in [1.54, 1.807) is 4.68 Å². The fourth-order valence-electron chi connectivity index (χ4n) is 1.42. The van der Waals surface area contributed by atoms with E-state index in [0.717, 1.165) is 28.0 Å². The Kier molecular flexibility index (Phi) is 2.81. The lowest BCUT2D eigenvalue weighted by molar-refractivity contribution is 0.762. The average molecular weight is 267 g/mol. The van der Waals surface area contributed by atoms with Gasteiger partial charge in [0.2, 0.25) is 0 Å². The molecule has 1 heterocycles. The summed E-state index contributed by atoms with van der Waals surface area (Å²) in [7, 11) is 0. The van der Waals surface area contributed by atoms with Crippen LogP contribution in [0.1, 0.15) is 18.3 Å². The van der Waals surface area contributed by atoms with Crippen LogP contribution in [0.5, 0.6) is 0 Å². The first-order chi connectivity index (χ1) is 7.22. The van der Waals surface area contributed by atoms with Crippen LogP contribution in [-0.2, 0) is 6.42 Å². The van der Waals surface area contributed by atoms with Gasteiger partial charge in [0.1, 0.15) is 0 Å². The molecule has 5 heteroatoms. The second kappa shape index (κ2) is 4.10. The average Bonchev–Trinajstić information content (AvgIpc) is 2.69. The maximum Gasteiger partial charge on any atom is 0.156 e. The lowest BCUT2D eigenvalue weighted by atomic mass is 10.2. The highest BCUT2D eigenvalue weighted by atomic mass is 79.9. The minimum atomic E-state index is 0.818. The highest BCUT2D eigenvalue weighted by Gasteiger charge is 2.08. The second-order valence-electron chi connectivity index (χ2n) is 3.29. The zero-order valence-electron chi connectivity index (χ0n) is 8.61. The summed E-state index contributed by atoms with van der Waals surface area (Å²) >= 11 is 3.45. The predicted molar refractivity (Wildman–Crippen MR) is 61.0 cm³/mol. The topological polar surface area (TPSA) is 43.6 Å². The molecule has 0 fully saturated rings. The van der Waals surface area contributed by atoms with Gasteiger partial charge in [0, 0.05) is 10.9 Å². The van der Waals surface area contributed by atoms with E-state index in [1.165, 1.54) is 0 Å². The standard InChI is InChI=1S/C10H11BrN4/c1-3-10-12-13-14-15(10)9-6-8(11)5-4-7(9)2/h4-6H,3H2,1-2H3. The Bertz CT molecular complexity index is 478. The number of aryl methyl sites for hydroxylation is 2. The molecule has 2 aromatic rings. The summed E-state index contributed by atoms with van der Waals surface area (Å²) in [6, 6.07) is 6.07. The Labute approximate surface area is 96.4 Å². The van der Waals surface area contributed by atoms with Gasteiger partial charge in [-0.05, 0) is 35.0 Å². The van der Waals surface area contributed by atoms with E-state index in [9.17, 15) is 0 Å². The van der Waals surface area contributed by atoms with Crippen LogP contribution in [0.25, 0.3) is 5.69 Å². The van der Waals surface area contributed by atoms with Gasteiger partial charge in [-0.15, -0.1) is 5.10 Å². The Morgan fingerprint density at radius 3 is 2.93 bits per heavy atom. The van der Waals surface area contributed by atoms with Crippen molar-refractivity contribution in [2.45, 2.75) is 20.3 Å². The summed E-state index contributed by atoms with van der Waals surface area (Å²) < 4.78 is 2.81. The van der Waals surface area contributed by atoms with Crippen LogP contribution in [-0.4, -0.2) is 20.2 Å². The number of hydrogen-bond acceptors (Lipinski definition) is 3. The lowest BCUT2D eigenvalue weighted by Gasteiger charge is -2.06. The van der Waals surface area contributed by atoms with E-state index in [-0.39, 0.29) is 0 Å². The van der Waals surface area contributed by atoms with Crippen molar-refractivity contribution in [3.63, 3.8) is 0 Å². The Morgan fingerprint density at radius 2 is 2.20 bits per heavy atom. The van der Waals surface area contributed by atoms with Gasteiger partial charge in [-0.3, -0.25) is 0 Å². The molecule has 0 N–H and O–H groups in total. The smallest absolute Gasteiger partial charge is 0.156 e. The van der Waals surface area contributed by atoms with E-state index in [4.69, 9.17) is 0 Å². The first kappa shape index (κ1) is 10.3. The van der Waals surface area contributed by atoms with Crippen molar-refractivity contribution in [1.29, 1.82) is 0 Å². The molecule has 0 saturated heterocycles. The zero-order valence-corrected chi connectivity index (χ0v) is 10.2. The Balaban J connectivity index is 2.58. The number of nitrogens with zero attached hydrogens (tertiary/aromatic N) is 4. The molecule has 15 heavy (non-hydrogen) atoms. The van der Waals surface area contributed by atoms with Crippen molar-refractivity contribution in [2.24, 2.45) is 0 Å². The molecule has 0 saturated carbocycles. The molecular weight excluding hydrogens is 256 g/mol. The number of halogens is 1. The first-order valence-electron chi connectivity index (χ1n) is 4.76. The molecule has 0 aliphatic rings. The molecule has 4 nitrogen and oxygen atoms in total. The van der Waals surface area contributed by atoms with E-state index in [1.807, 2.05) is 32.0 Å². The van der Waals surface area contributed by atoms with E-state index in [0.29, 0.717) is 0 Å². The highest BCUT2D eigenvalue weighted by Crippen LogP contribution is 2.19. The molecule has 78 valence electrons. The number of benzene rings is 1. The van der Waals surface area contributed by atoms with Gasteiger partial charge in [0.25, 0.3) is 0 Å². The van der Waals surface area contributed by atoms with Crippen molar-refractivity contribution in [1.82, 2.24) is 20.2 Å². The summed E-state index contributed by atoms with van der Waals surface area (Å²) in [5.74, 6) is 0.871. The fraction of sp³-hybridized carbons (Fsp3) is 0.300. The summed E-state index contributed by atoms with van der Waals surface area (Å²) in [6.45, 7) is 4.08. The van der Waals surface area contributed by atoms with Gasteiger partial charge in [-0.1, -0.05) is 28.9 Å². The van der Waals surface area contributed by atoms with E-state index in [2.05, 4.69) is 31.5 Å². The van der Waals surface area contributed by atoms with Gasteiger partial charge in [0.05, 0.1) is 5.69 Å². The third-order valence-corrected chi connectivity index (χ3v) is 2.74. The van der Waals surface area contributed by atoms with Crippen molar-refractivity contribution in [3.05, 3.63) is 34.1 Å². The van der Waals surface area contributed by atoms with Gasteiger partial charge in [-0.25, -0.2) is 0 Å². The fourth-order valence-corrected chi connectivity index (χ4v) is 1.77. The van der Waals surface area contributed by atoms with E-state index < -0.39 is 0 Å². The molecule has 0 unspecified atom stereocenters. The molecule has 0 aliphatic heterocycles. The Morgan fingerprint density at radius 1 is 1.40 bits per heavy atom. The number of tetrazole rings is 1. The monoisotopic (exact) mass is 266 g/mol. The van der Waals surface area contributed by atoms with E-state index >= 15 is 0 Å². The molecule has 0 aliphatic carbocycles. The largest absolute Gasteiger partial charge is 0.197 e. The normalized spacial score (nSPS) is 10.6. The highest BCUT2D eigenvalue weighted by molar-refractivity contribution is 9.10. The van der Waals surface area contributed by atoms with Crippen LogP contribution in [0.3, 0.4) is 0 Å². The zero-order chi connectivity index (χ0) is 10.8. The second-order valence-corrected chi connectivity index (χ2v) is 4.21. The van der Waals surface area contributed by atoms with Crippen LogP contribution in [0.2, 0.25) is 0 Å². The molecule has 0 amide bonds. The minimum Gasteiger partial charge on any atom is -0.197 e. The van der Waals surface area contributed by atoms with Gasteiger partial charge in [0.15, 0.2) is 5.82 Å². The maximum atomic E-state index is 3.99. The van der Waals surface area contributed by atoms with Crippen LogP contribution in [0, 0.1) is 6.92 Å². The molecule has 1 aromatic carbocycles. The molecule has 1 aromatic heterocycles. The van der Waals surface area contributed by atoms with Gasteiger partial charge >= 0.3 is 0 Å². The van der Waals surface area contributed by atoms with Crippen molar-refractivity contribution < 1.29 is 0 Å². The number of hydrogen-bond donors (Lipinski definition) is 0. The Hall–Kier alpha value is -1.23. The van der Waals surface area contributed by atoms with Gasteiger partial charge in [-0.2, -0.15) is 4.68 Å². The summed E-state index contributed by atoms with van der Waals surface area (Å²) in [5, 5.41) is 11.7. The van der Waals surface area contributed by atoms with Crippen molar-refractivity contribution >= 4 is 15.9 Å². The summed E-state index contributed by atoms with van der Waals surface area (Å²) in [6.07, 6.45) is 0.818. The molecule has 0 atom stereocenters. The van der Waals surface area contributed by atoms with Crippen molar-refractivity contribution in [2.75, 3.05) is 0 Å². The first-order valence-corrected chi connectivity index (χ1v) is 5.55. The van der Waals surface area contributed by atoms with Crippen LogP contribution < -0.4 is 0 Å². The number of rotatable bonds is 2. The summed E-state index contributed by atoms with van der Waals surface area (Å²) in [4.78, 5) is 0. The van der Waals surface area contributed by atoms with Gasteiger partial charge < -0.3 is 0 Å². The van der Waals surface area contributed by atoms with Crippen molar-refractivity contribution in [3.8, 4) is 5.69 Å². The molecule has 0 radical (unpaired) electrons. The number of aromatic nitrogens is 4. The maximum absolute atomic E-state index is 3.99. The summed E-state index contributed by atoms with van der Waals surface area (Å²) in [5.41, 5.74) is 2.17. The molecule has 0 bridgehead atoms. The third-order valence-electron chi connectivity index (χ3n) is 2.25. The minimum absolute atomic E-state index is 0.818. The molecule has 0 spiro atoms.